The number of nitrogens with one attached hydrogen (secondary N) is 1. The zero-order chi connectivity index (χ0) is 18.8. The van der Waals surface area contributed by atoms with Crippen LogP contribution in [0, 0.1) is 0 Å². The highest BCUT2D eigenvalue weighted by Gasteiger charge is 2.25. The van der Waals surface area contributed by atoms with Crippen molar-refractivity contribution in [3.8, 4) is 11.5 Å². The Bertz CT molecular complexity index is 991. The molecule has 9 heteroatoms. The van der Waals surface area contributed by atoms with Gasteiger partial charge in [0.2, 0.25) is 0 Å². The number of hydroxylamine groups is 2. The molecule has 0 radical (unpaired) electrons. The lowest BCUT2D eigenvalue weighted by molar-refractivity contribution is -0.0568. The number of imidazole rings is 1. The first-order valence-electron chi connectivity index (χ1n) is 8.48. The summed E-state index contributed by atoms with van der Waals surface area (Å²) in [6, 6.07) is 7.32. The number of fused-ring (bicyclic) bond motifs is 2. The summed E-state index contributed by atoms with van der Waals surface area (Å²) < 4.78 is 23.2. The van der Waals surface area contributed by atoms with Gasteiger partial charge in [0.1, 0.15) is 5.75 Å². The van der Waals surface area contributed by atoms with Crippen LogP contribution in [0.15, 0.2) is 35.6 Å². The van der Waals surface area contributed by atoms with E-state index in [-0.39, 0.29) is 5.75 Å². The Morgan fingerprint density at radius 2 is 2.22 bits per heavy atom. The van der Waals surface area contributed by atoms with E-state index in [0.29, 0.717) is 24.9 Å². The number of pyridine rings is 1. The lowest BCUT2D eigenvalue weighted by Gasteiger charge is -2.12. The number of methoxy groups -OCH3 is 2. The molecule has 0 fully saturated rings. The molecule has 0 saturated heterocycles. The molecule has 0 aliphatic carbocycles. The highest BCUT2D eigenvalue weighted by atomic mass is 32.2. The number of H-pyrrole nitrogens is 1. The third kappa shape index (κ3) is 3.66. The first kappa shape index (κ1) is 17.9. The summed E-state index contributed by atoms with van der Waals surface area (Å²) in [5, 5.41) is 2.24. The third-order valence-corrected chi connectivity index (χ3v) is 5.52. The smallest absolute Gasteiger partial charge is 0.197 e. The zero-order valence-corrected chi connectivity index (χ0v) is 15.9. The number of ether oxygens (including phenoxy) is 2. The average molecular weight is 388 g/mol. The molecule has 2 aromatic heterocycles. The van der Waals surface area contributed by atoms with E-state index in [9.17, 15) is 4.21 Å². The first-order chi connectivity index (χ1) is 13.2. The lowest BCUT2D eigenvalue weighted by Crippen LogP contribution is -2.25. The van der Waals surface area contributed by atoms with E-state index in [2.05, 4.69) is 15.0 Å². The summed E-state index contributed by atoms with van der Waals surface area (Å²) in [7, 11) is 1.91. The van der Waals surface area contributed by atoms with Crippen LogP contribution in [0.4, 0.5) is 0 Å². The van der Waals surface area contributed by atoms with Crippen molar-refractivity contribution < 1.29 is 18.5 Å². The molecule has 3 aromatic rings. The first-order valence-corrected chi connectivity index (χ1v) is 9.80. The van der Waals surface area contributed by atoms with Gasteiger partial charge >= 0.3 is 0 Å². The van der Waals surface area contributed by atoms with Crippen molar-refractivity contribution in [2.45, 2.75) is 17.5 Å². The Labute approximate surface area is 158 Å². The average Bonchev–Trinajstić information content (AvgIpc) is 3.30. The van der Waals surface area contributed by atoms with Crippen molar-refractivity contribution in [1.29, 1.82) is 0 Å². The number of aromatic nitrogens is 3. The molecule has 1 unspecified atom stereocenters. The van der Waals surface area contributed by atoms with Gasteiger partial charge in [0.25, 0.3) is 0 Å². The van der Waals surface area contributed by atoms with Crippen LogP contribution in [0.1, 0.15) is 11.3 Å². The minimum absolute atomic E-state index is 0.265. The molecule has 1 aliphatic rings. The summed E-state index contributed by atoms with van der Waals surface area (Å²) >= 11 is 0. The van der Waals surface area contributed by atoms with Crippen LogP contribution in [0.3, 0.4) is 0 Å². The van der Waals surface area contributed by atoms with E-state index in [0.717, 1.165) is 33.8 Å². The van der Waals surface area contributed by atoms with Crippen LogP contribution in [0.25, 0.3) is 11.0 Å². The molecular weight excluding hydrogens is 368 g/mol. The van der Waals surface area contributed by atoms with Gasteiger partial charge < -0.3 is 19.3 Å². The monoisotopic (exact) mass is 388 g/mol. The predicted octanol–water partition coefficient (Wildman–Crippen LogP) is 2.03. The third-order valence-electron chi connectivity index (χ3n) is 4.36. The second kappa shape index (κ2) is 7.63. The van der Waals surface area contributed by atoms with Gasteiger partial charge in [-0.1, -0.05) is 0 Å². The fourth-order valence-corrected chi connectivity index (χ4v) is 4.01. The topological polar surface area (TPSA) is 89.6 Å². The highest BCUT2D eigenvalue weighted by Crippen LogP contribution is 2.30. The molecule has 3 heterocycles. The SMILES string of the molecule is COCCN1Cc2c(ccnc2CS(=O)c2nc3ccc(OC)cc3[nH]2)O1. The van der Waals surface area contributed by atoms with Crippen LogP contribution in [0.5, 0.6) is 11.5 Å². The summed E-state index contributed by atoms with van der Waals surface area (Å²) in [4.78, 5) is 17.8. The quantitative estimate of drug-likeness (QED) is 0.662. The fourth-order valence-electron chi connectivity index (χ4n) is 2.95. The van der Waals surface area contributed by atoms with Crippen molar-refractivity contribution >= 4 is 21.8 Å². The highest BCUT2D eigenvalue weighted by molar-refractivity contribution is 7.84. The van der Waals surface area contributed by atoms with Crippen molar-refractivity contribution in [1.82, 2.24) is 20.0 Å². The van der Waals surface area contributed by atoms with Crippen LogP contribution < -0.4 is 9.57 Å². The number of hydrogen-bond acceptors (Lipinski definition) is 7. The molecule has 142 valence electrons. The number of hydrogen-bond donors (Lipinski definition) is 1. The molecule has 1 aromatic carbocycles. The Balaban J connectivity index is 1.54. The number of benzene rings is 1. The van der Waals surface area contributed by atoms with Crippen molar-refractivity contribution in [3.63, 3.8) is 0 Å². The largest absolute Gasteiger partial charge is 0.497 e. The van der Waals surface area contributed by atoms with E-state index < -0.39 is 10.8 Å². The van der Waals surface area contributed by atoms with Gasteiger partial charge in [-0.3, -0.25) is 9.19 Å². The minimum atomic E-state index is -1.35. The molecule has 0 saturated carbocycles. The second-order valence-electron chi connectivity index (χ2n) is 6.10. The minimum Gasteiger partial charge on any atom is -0.497 e. The number of nitrogens with zero attached hydrogens (tertiary/aromatic N) is 3. The van der Waals surface area contributed by atoms with Crippen molar-refractivity contribution in [2.24, 2.45) is 0 Å². The van der Waals surface area contributed by atoms with Crippen LogP contribution >= 0.6 is 0 Å². The summed E-state index contributed by atoms with van der Waals surface area (Å²) in [6.07, 6.45) is 1.68. The van der Waals surface area contributed by atoms with Crippen LogP contribution in [-0.2, 0) is 27.8 Å². The Morgan fingerprint density at radius 3 is 3.04 bits per heavy atom. The fraction of sp³-hybridized carbons (Fsp3) is 0.333. The van der Waals surface area contributed by atoms with Gasteiger partial charge in [-0.2, -0.15) is 0 Å². The molecular formula is C18H20N4O4S. The van der Waals surface area contributed by atoms with E-state index in [1.807, 2.05) is 29.3 Å². The molecule has 0 bridgehead atoms. The van der Waals surface area contributed by atoms with E-state index >= 15 is 0 Å². The van der Waals surface area contributed by atoms with E-state index in [1.54, 1.807) is 20.4 Å². The Hall–Kier alpha value is -2.49. The number of aromatic amines is 1. The predicted molar refractivity (Wildman–Crippen MR) is 99.9 cm³/mol. The molecule has 1 aliphatic heterocycles. The maximum Gasteiger partial charge on any atom is 0.197 e. The standard InChI is InChI=1S/C18H20N4O4S/c1-24-8-7-22-10-13-16(19-6-5-17(13)26-22)11-27(23)18-20-14-4-3-12(25-2)9-15(14)21-18/h3-6,9H,7-8,10-11H2,1-2H3,(H,20,21). The summed E-state index contributed by atoms with van der Waals surface area (Å²) in [6.45, 7) is 1.82. The van der Waals surface area contributed by atoms with E-state index in [4.69, 9.17) is 14.3 Å². The zero-order valence-electron chi connectivity index (χ0n) is 15.1. The Morgan fingerprint density at radius 1 is 1.33 bits per heavy atom. The van der Waals surface area contributed by atoms with Gasteiger partial charge in [-0.25, -0.2) is 4.98 Å². The van der Waals surface area contributed by atoms with Gasteiger partial charge in [-0.15, -0.1) is 5.06 Å². The van der Waals surface area contributed by atoms with Gasteiger partial charge in [0.15, 0.2) is 10.9 Å². The molecule has 0 spiro atoms. The Kier molecular flexibility index (Phi) is 5.06. The maximum atomic E-state index is 12.9. The molecule has 1 N–H and O–H groups in total. The summed E-state index contributed by atoms with van der Waals surface area (Å²) in [5.74, 6) is 1.74. The lowest BCUT2D eigenvalue weighted by atomic mass is 10.2. The molecule has 0 amide bonds. The molecule has 8 nitrogen and oxygen atoms in total. The van der Waals surface area contributed by atoms with Gasteiger partial charge in [0.05, 0.1) is 60.1 Å². The molecule has 1 atom stereocenters. The maximum absolute atomic E-state index is 12.9. The van der Waals surface area contributed by atoms with Crippen LogP contribution in [-0.4, -0.2) is 51.6 Å². The molecule has 27 heavy (non-hydrogen) atoms. The normalized spacial score (nSPS) is 14.9. The van der Waals surface area contributed by atoms with Crippen LogP contribution in [0.2, 0.25) is 0 Å². The molecule has 4 rings (SSSR count). The summed E-state index contributed by atoms with van der Waals surface area (Å²) in [5.41, 5.74) is 3.25. The second-order valence-corrected chi connectivity index (χ2v) is 7.46. The van der Waals surface area contributed by atoms with Crippen molar-refractivity contribution in [2.75, 3.05) is 27.4 Å². The number of rotatable bonds is 7. The van der Waals surface area contributed by atoms with Gasteiger partial charge in [0, 0.05) is 31.0 Å². The van der Waals surface area contributed by atoms with E-state index in [1.165, 1.54) is 0 Å². The van der Waals surface area contributed by atoms with Crippen molar-refractivity contribution in [3.05, 3.63) is 41.7 Å². The van der Waals surface area contributed by atoms with Gasteiger partial charge in [-0.05, 0) is 12.1 Å².